The fourth-order valence-corrected chi connectivity index (χ4v) is 4.24. The van der Waals surface area contributed by atoms with Gasteiger partial charge in [0.05, 0.1) is 19.1 Å². The van der Waals surface area contributed by atoms with Crippen molar-refractivity contribution in [3.63, 3.8) is 0 Å². The average Bonchev–Trinajstić information content (AvgIpc) is 2.81. The van der Waals surface area contributed by atoms with E-state index < -0.39 is 28.5 Å². The van der Waals surface area contributed by atoms with E-state index in [1.807, 2.05) is 6.92 Å². The van der Waals surface area contributed by atoms with E-state index in [4.69, 9.17) is 16.3 Å². The number of halogens is 1. The molecule has 0 fully saturated rings. The van der Waals surface area contributed by atoms with Crippen LogP contribution in [-0.4, -0.2) is 57.6 Å². The quantitative estimate of drug-likeness (QED) is 0.442. The van der Waals surface area contributed by atoms with Gasteiger partial charge in [-0.05, 0) is 55.3 Å². The summed E-state index contributed by atoms with van der Waals surface area (Å²) in [7, 11) is -2.27. The van der Waals surface area contributed by atoms with Crippen LogP contribution in [0.3, 0.4) is 0 Å². The summed E-state index contributed by atoms with van der Waals surface area (Å²) in [6.07, 6.45) is 2.78. The number of anilines is 1. The Kier molecular flexibility index (Phi) is 10.2. The lowest BCUT2D eigenvalue weighted by molar-refractivity contribution is -0.139. The molecular formula is C24H32ClN3O5S. The van der Waals surface area contributed by atoms with Crippen molar-refractivity contribution in [2.75, 3.05) is 30.8 Å². The van der Waals surface area contributed by atoms with Gasteiger partial charge in [0.2, 0.25) is 21.8 Å². The van der Waals surface area contributed by atoms with Gasteiger partial charge in [-0.25, -0.2) is 8.42 Å². The fraction of sp³-hybridized carbons (Fsp3) is 0.417. The van der Waals surface area contributed by atoms with Crippen molar-refractivity contribution in [2.24, 2.45) is 0 Å². The van der Waals surface area contributed by atoms with Crippen LogP contribution in [0.2, 0.25) is 5.02 Å². The Morgan fingerprint density at radius 3 is 2.24 bits per heavy atom. The average molecular weight is 510 g/mol. The van der Waals surface area contributed by atoms with Crippen molar-refractivity contribution in [3.8, 4) is 5.75 Å². The van der Waals surface area contributed by atoms with Gasteiger partial charge < -0.3 is 15.0 Å². The van der Waals surface area contributed by atoms with Crippen LogP contribution in [0.15, 0.2) is 48.5 Å². The van der Waals surface area contributed by atoms with Crippen LogP contribution < -0.4 is 14.4 Å². The molecule has 0 saturated heterocycles. The fourth-order valence-electron chi connectivity index (χ4n) is 3.27. The first-order valence-electron chi connectivity index (χ1n) is 11.0. The van der Waals surface area contributed by atoms with Gasteiger partial charge in [-0.15, -0.1) is 0 Å². The van der Waals surface area contributed by atoms with E-state index in [9.17, 15) is 18.0 Å². The summed E-state index contributed by atoms with van der Waals surface area (Å²) in [4.78, 5) is 27.6. The summed E-state index contributed by atoms with van der Waals surface area (Å²) in [5, 5.41) is 3.39. The molecule has 0 aromatic heterocycles. The van der Waals surface area contributed by atoms with Crippen LogP contribution in [0.1, 0.15) is 32.3 Å². The lowest BCUT2D eigenvalue weighted by Gasteiger charge is -2.31. The number of methoxy groups -OCH3 is 1. The minimum atomic E-state index is -3.78. The number of nitrogens with zero attached hydrogens (tertiary/aromatic N) is 2. The SMILES string of the molecule is CCCCNC(=O)[C@H](C)N(Cc1ccc(Cl)cc1)C(=O)CN(c1ccc(OC)cc1)S(C)(=O)=O. The summed E-state index contributed by atoms with van der Waals surface area (Å²) in [5.74, 6) is -0.245. The van der Waals surface area contributed by atoms with Crippen molar-refractivity contribution in [3.05, 3.63) is 59.1 Å². The molecule has 0 radical (unpaired) electrons. The zero-order valence-corrected chi connectivity index (χ0v) is 21.5. The number of benzene rings is 2. The van der Waals surface area contributed by atoms with Crippen LogP contribution in [0.25, 0.3) is 0 Å². The first kappa shape index (κ1) is 27.5. The van der Waals surface area contributed by atoms with Gasteiger partial charge in [-0.2, -0.15) is 0 Å². The molecule has 2 rings (SSSR count). The monoisotopic (exact) mass is 509 g/mol. The van der Waals surface area contributed by atoms with Gasteiger partial charge in [0.1, 0.15) is 18.3 Å². The molecule has 10 heteroatoms. The maximum atomic E-state index is 13.4. The second kappa shape index (κ2) is 12.6. The van der Waals surface area contributed by atoms with Gasteiger partial charge in [0.25, 0.3) is 0 Å². The number of rotatable bonds is 12. The van der Waals surface area contributed by atoms with Gasteiger partial charge in [-0.3, -0.25) is 13.9 Å². The van der Waals surface area contributed by atoms with E-state index in [1.165, 1.54) is 12.0 Å². The van der Waals surface area contributed by atoms with Crippen LogP contribution in [-0.2, 0) is 26.2 Å². The van der Waals surface area contributed by atoms with Crippen molar-refractivity contribution in [1.82, 2.24) is 10.2 Å². The Morgan fingerprint density at radius 1 is 1.09 bits per heavy atom. The molecule has 0 saturated carbocycles. The molecule has 0 aliphatic carbocycles. The molecule has 2 amide bonds. The predicted molar refractivity (Wildman–Crippen MR) is 135 cm³/mol. The highest BCUT2D eigenvalue weighted by molar-refractivity contribution is 7.92. The zero-order chi connectivity index (χ0) is 25.3. The Balaban J connectivity index is 2.32. The number of hydrogen-bond acceptors (Lipinski definition) is 5. The summed E-state index contributed by atoms with van der Waals surface area (Å²) in [6, 6.07) is 12.5. The van der Waals surface area contributed by atoms with E-state index in [2.05, 4.69) is 5.32 Å². The van der Waals surface area contributed by atoms with Crippen molar-refractivity contribution in [1.29, 1.82) is 0 Å². The smallest absolute Gasteiger partial charge is 0.244 e. The number of unbranched alkanes of at least 4 members (excludes halogenated alkanes) is 1. The Morgan fingerprint density at radius 2 is 1.71 bits per heavy atom. The molecule has 1 N–H and O–H groups in total. The first-order chi connectivity index (χ1) is 16.1. The second-order valence-electron chi connectivity index (χ2n) is 7.94. The maximum Gasteiger partial charge on any atom is 0.244 e. The number of sulfonamides is 1. The highest BCUT2D eigenvalue weighted by atomic mass is 35.5. The first-order valence-corrected chi connectivity index (χ1v) is 13.2. The molecule has 0 aliphatic heterocycles. The van der Waals surface area contributed by atoms with Gasteiger partial charge >= 0.3 is 0 Å². The predicted octanol–water partition coefficient (Wildman–Crippen LogP) is 3.45. The lowest BCUT2D eigenvalue weighted by atomic mass is 10.1. The molecule has 34 heavy (non-hydrogen) atoms. The minimum absolute atomic E-state index is 0.124. The van der Waals surface area contributed by atoms with E-state index in [1.54, 1.807) is 55.5 Å². The normalized spacial score (nSPS) is 12.0. The number of ether oxygens (including phenoxy) is 1. The molecule has 8 nitrogen and oxygen atoms in total. The maximum absolute atomic E-state index is 13.4. The highest BCUT2D eigenvalue weighted by Gasteiger charge is 2.30. The molecule has 0 unspecified atom stereocenters. The Bertz CT molecular complexity index is 1060. The van der Waals surface area contributed by atoms with E-state index in [0.717, 1.165) is 29.0 Å². The summed E-state index contributed by atoms with van der Waals surface area (Å²) in [6.45, 7) is 3.83. The van der Waals surface area contributed by atoms with E-state index in [-0.39, 0.29) is 12.5 Å². The van der Waals surface area contributed by atoms with Crippen molar-refractivity contribution >= 4 is 39.1 Å². The van der Waals surface area contributed by atoms with Crippen LogP contribution >= 0.6 is 11.6 Å². The third-order valence-corrected chi connectivity index (χ3v) is 6.70. The summed E-state index contributed by atoms with van der Waals surface area (Å²) >= 11 is 5.98. The van der Waals surface area contributed by atoms with Crippen LogP contribution in [0.5, 0.6) is 5.75 Å². The van der Waals surface area contributed by atoms with E-state index >= 15 is 0 Å². The largest absolute Gasteiger partial charge is 0.497 e. The number of nitrogens with one attached hydrogen (secondary N) is 1. The number of hydrogen-bond donors (Lipinski definition) is 1. The van der Waals surface area contributed by atoms with Gasteiger partial charge in [-0.1, -0.05) is 37.1 Å². The van der Waals surface area contributed by atoms with E-state index in [0.29, 0.717) is 23.0 Å². The molecule has 0 aliphatic rings. The Hall–Kier alpha value is -2.78. The third-order valence-electron chi connectivity index (χ3n) is 5.30. The second-order valence-corrected chi connectivity index (χ2v) is 10.3. The molecule has 0 heterocycles. The topological polar surface area (TPSA) is 96.0 Å². The Labute approximate surface area is 206 Å². The van der Waals surface area contributed by atoms with Crippen LogP contribution in [0.4, 0.5) is 5.69 Å². The summed E-state index contributed by atoms with van der Waals surface area (Å²) in [5.41, 5.74) is 1.09. The number of carbonyl (C=O) groups excluding carboxylic acids is 2. The highest BCUT2D eigenvalue weighted by Crippen LogP contribution is 2.22. The molecule has 2 aromatic carbocycles. The van der Waals surface area contributed by atoms with Gasteiger partial charge in [0.15, 0.2) is 0 Å². The number of amides is 2. The molecule has 186 valence electrons. The third kappa shape index (κ3) is 7.92. The molecule has 1 atom stereocenters. The van der Waals surface area contributed by atoms with Crippen molar-refractivity contribution in [2.45, 2.75) is 39.3 Å². The zero-order valence-electron chi connectivity index (χ0n) is 20.0. The minimum Gasteiger partial charge on any atom is -0.497 e. The van der Waals surface area contributed by atoms with Crippen molar-refractivity contribution < 1.29 is 22.7 Å². The molecule has 2 aromatic rings. The lowest BCUT2D eigenvalue weighted by Crippen LogP contribution is -2.51. The standard InChI is InChI=1S/C24H32ClN3O5S/c1-5-6-15-26-24(30)18(2)27(16-19-7-9-20(25)10-8-19)23(29)17-28(34(4,31)32)21-11-13-22(33-3)14-12-21/h7-14,18H,5-6,15-17H2,1-4H3,(H,26,30)/t18-/m0/s1. The summed E-state index contributed by atoms with van der Waals surface area (Å²) < 4.78 is 31.2. The molecular weight excluding hydrogens is 478 g/mol. The number of carbonyl (C=O) groups is 2. The van der Waals surface area contributed by atoms with Crippen LogP contribution in [0, 0.1) is 0 Å². The molecule has 0 spiro atoms. The molecule has 0 bridgehead atoms. The van der Waals surface area contributed by atoms with Gasteiger partial charge in [0, 0.05) is 18.1 Å².